The van der Waals surface area contributed by atoms with Crippen molar-refractivity contribution in [3.05, 3.63) is 59.7 Å². The van der Waals surface area contributed by atoms with Crippen LogP contribution in [0.1, 0.15) is 18.4 Å². The Hall–Kier alpha value is -2.33. The van der Waals surface area contributed by atoms with E-state index in [9.17, 15) is 4.79 Å². The van der Waals surface area contributed by atoms with Crippen molar-refractivity contribution in [3.8, 4) is 11.5 Å². The Kier molecular flexibility index (Phi) is 5.32. The van der Waals surface area contributed by atoms with Gasteiger partial charge in [0.15, 0.2) is 5.78 Å². The molecular weight excluding hydrogens is 340 g/mol. The summed E-state index contributed by atoms with van der Waals surface area (Å²) in [5, 5.41) is 1.40. The molecule has 0 saturated heterocycles. The number of allylic oxidation sites excluding steroid dienone is 1. The lowest BCUT2D eigenvalue weighted by Gasteiger charge is -2.30. The number of ether oxygens (including phenoxy) is 2. The molecule has 0 heterocycles. The van der Waals surface area contributed by atoms with Crippen molar-refractivity contribution < 1.29 is 14.3 Å². The standard InChI is InChI=1S/C22H26O3Si/c1-24-17-12-16(13-18(15-17)25-2)14-20-21(23)10-11-22(20)26(3,4)19-8-6-5-7-9-19/h5-9,12-15,22H,10-11H2,1-4H3. The van der Waals surface area contributed by atoms with Crippen molar-refractivity contribution in [1.29, 1.82) is 0 Å². The molecule has 4 heteroatoms. The van der Waals surface area contributed by atoms with Gasteiger partial charge in [-0.2, -0.15) is 0 Å². The smallest absolute Gasteiger partial charge is 0.158 e. The van der Waals surface area contributed by atoms with Crippen LogP contribution < -0.4 is 14.7 Å². The highest BCUT2D eigenvalue weighted by molar-refractivity contribution is 6.92. The van der Waals surface area contributed by atoms with E-state index in [1.807, 2.05) is 30.3 Å². The van der Waals surface area contributed by atoms with Gasteiger partial charge < -0.3 is 9.47 Å². The fraction of sp³-hybridized carbons (Fsp3) is 0.318. The van der Waals surface area contributed by atoms with Crippen LogP contribution in [0.2, 0.25) is 18.6 Å². The topological polar surface area (TPSA) is 35.5 Å². The minimum atomic E-state index is -1.80. The summed E-state index contributed by atoms with van der Waals surface area (Å²) in [5.41, 5.74) is 2.24. The highest BCUT2D eigenvalue weighted by Gasteiger charge is 2.41. The van der Waals surface area contributed by atoms with Gasteiger partial charge >= 0.3 is 0 Å². The van der Waals surface area contributed by atoms with Crippen molar-refractivity contribution in [3.63, 3.8) is 0 Å². The minimum Gasteiger partial charge on any atom is -0.497 e. The highest BCUT2D eigenvalue weighted by Crippen LogP contribution is 2.42. The van der Waals surface area contributed by atoms with Crippen LogP contribution in [0.3, 0.4) is 0 Å². The molecule has 0 aliphatic heterocycles. The van der Waals surface area contributed by atoms with Crippen LogP contribution in [0.25, 0.3) is 6.08 Å². The molecule has 2 aromatic carbocycles. The third-order valence-corrected chi connectivity index (χ3v) is 9.61. The molecule has 0 amide bonds. The molecule has 3 rings (SSSR count). The van der Waals surface area contributed by atoms with Crippen LogP contribution in [0, 0.1) is 0 Å². The van der Waals surface area contributed by atoms with Gasteiger partial charge in [-0.05, 0) is 41.3 Å². The number of carbonyl (C=O) groups is 1. The number of Topliss-reactive ketones (excluding diaryl/α,β-unsaturated/α-hetero) is 1. The molecule has 0 N–H and O–H groups in total. The van der Waals surface area contributed by atoms with Crippen LogP contribution in [-0.2, 0) is 4.79 Å². The Balaban J connectivity index is 2.02. The van der Waals surface area contributed by atoms with E-state index in [1.165, 1.54) is 5.19 Å². The molecule has 1 atom stereocenters. The van der Waals surface area contributed by atoms with Gasteiger partial charge in [0, 0.05) is 12.5 Å². The van der Waals surface area contributed by atoms with Crippen LogP contribution in [-0.4, -0.2) is 28.1 Å². The van der Waals surface area contributed by atoms with Crippen LogP contribution in [0.5, 0.6) is 11.5 Å². The minimum absolute atomic E-state index is 0.272. The molecule has 1 saturated carbocycles. The zero-order valence-electron chi connectivity index (χ0n) is 15.9. The Bertz CT molecular complexity index is 802. The summed E-state index contributed by atoms with van der Waals surface area (Å²) in [7, 11) is 1.48. The first kappa shape index (κ1) is 18.5. The van der Waals surface area contributed by atoms with Gasteiger partial charge in [0.2, 0.25) is 0 Å². The molecule has 1 fully saturated rings. The summed E-state index contributed by atoms with van der Waals surface area (Å²) >= 11 is 0. The lowest BCUT2D eigenvalue weighted by molar-refractivity contribution is -0.114. The molecule has 1 unspecified atom stereocenters. The first-order valence-electron chi connectivity index (χ1n) is 8.99. The number of methoxy groups -OCH3 is 2. The van der Waals surface area contributed by atoms with Crippen LogP contribution in [0.15, 0.2) is 54.1 Å². The Morgan fingerprint density at radius 2 is 1.62 bits per heavy atom. The molecule has 1 aliphatic rings. The third-order valence-electron chi connectivity index (χ3n) is 5.44. The van der Waals surface area contributed by atoms with E-state index in [0.29, 0.717) is 12.0 Å². The lowest BCUT2D eigenvalue weighted by Crippen LogP contribution is -2.45. The van der Waals surface area contributed by atoms with Crippen molar-refractivity contribution in [2.24, 2.45) is 0 Å². The third kappa shape index (κ3) is 3.60. The van der Waals surface area contributed by atoms with E-state index in [-0.39, 0.29) is 5.78 Å². The van der Waals surface area contributed by atoms with E-state index < -0.39 is 8.07 Å². The first-order valence-corrected chi connectivity index (χ1v) is 12.1. The van der Waals surface area contributed by atoms with Crippen molar-refractivity contribution in [2.45, 2.75) is 31.5 Å². The molecule has 2 aromatic rings. The Labute approximate surface area is 156 Å². The zero-order valence-corrected chi connectivity index (χ0v) is 16.9. The summed E-state index contributed by atoms with van der Waals surface area (Å²) in [4.78, 5) is 12.7. The molecule has 0 aromatic heterocycles. The van der Waals surface area contributed by atoms with Crippen molar-refractivity contribution in [1.82, 2.24) is 0 Å². The second kappa shape index (κ2) is 7.50. The summed E-state index contributed by atoms with van der Waals surface area (Å²) < 4.78 is 10.7. The van der Waals surface area contributed by atoms with Gasteiger partial charge in [-0.1, -0.05) is 48.6 Å². The lowest BCUT2D eigenvalue weighted by atomic mass is 10.1. The molecule has 3 nitrogen and oxygen atoms in total. The monoisotopic (exact) mass is 366 g/mol. The zero-order chi connectivity index (χ0) is 18.7. The summed E-state index contributed by atoms with van der Waals surface area (Å²) in [6.45, 7) is 4.73. The fourth-order valence-corrected chi connectivity index (χ4v) is 7.20. The molecule has 0 radical (unpaired) electrons. The molecule has 1 aliphatic carbocycles. The average molecular weight is 367 g/mol. The van der Waals surface area contributed by atoms with Crippen LogP contribution >= 0.6 is 0 Å². The maximum atomic E-state index is 12.7. The van der Waals surface area contributed by atoms with E-state index >= 15 is 0 Å². The SMILES string of the molecule is COc1cc(C=C2C(=O)CCC2[Si](C)(C)c2ccccc2)cc(OC)c1. The van der Waals surface area contributed by atoms with Gasteiger partial charge in [-0.25, -0.2) is 0 Å². The summed E-state index contributed by atoms with van der Waals surface area (Å²) in [6, 6.07) is 16.4. The summed E-state index contributed by atoms with van der Waals surface area (Å²) in [6.07, 6.45) is 3.63. The Morgan fingerprint density at radius 3 is 2.19 bits per heavy atom. The number of rotatable bonds is 5. The second-order valence-corrected chi connectivity index (χ2v) is 12.1. The van der Waals surface area contributed by atoms with Crippen molar-refractivity contribution in [2.75, 3.05) is 14.2 Å². The number of carbonyl (C=O) groups excluding carboxylic acids is 1. The number of hydrogen-bond acceptors (Lipinski definition) is 3. The maximum Gasteiger partial charge on any atom is 0.158 e. The predicted molar refractivity (Wildman–Crippen MR) is 109 cm³/mol. The van der Waals surface area contributed by atoms with Gasteiger partial charge in [0.25, 0.3) is 0 Å². The van der Waals surface area contributed by atoms with Gasteiger partial charge in [-0.3, -0.25) is 4.79 Å². The molecule has 0 spiro atoms. The molecule has 0 bridgehead atoms. The number of hydrogen-bond donors (Lipinski definition) is 0. The van der Waals surface area contributed by atoms with E-state index in [1.54, 1.807) is 14.2 Å². The highest BCUT2D eigenvalue weighted by atomic mass is 28.3. The molecular formula is C22H26O3Si. The number of ketones is 1. The Morgan fingerprint density at radius 1 is 1.00 bits per heavy atom. The van der Waals surface area contributed by atoms with Crippen LogP contribution in [0.4, 0.5) is 0 Å². The molecule has 136 valence electrons. The quantitative estimate of drug-likeness (QED) is 0.580. The van der Waals surface area contributed by atoms with Gasteiger partial charge in [0.1, 0.15) is 11.5 Å². The maximum absolute atomic E-state index is 12.7. The summed E-state index contributed by atoms with van der Waals surface area (Å²) in [5.74, 6) is 1.74. The van der Waals surface area contributed by atoms with E-state index in [0.717, 1.165) is 29.1 Å². The fourth-order valence-electron chi connectivity index (χ4n) is 3.86. The van der Waals surface area contributed by atoms with E-state index in [2.05, 4.69) is 37.4 Å². The van der Waals surface area contributed by atoms with Gasteiger partial charge in [0.05, 0.1) is 22.3 Å². The molecule has 26 heavy (non-hydrogen) atoms. The predicted octanol–water partition coefficient (Wildman–Crippen LogP) is 4.44. The van der Waals surface area contributed by atoms with E-state index in [4.69, 9.17) is 9.47 Å². The largest absolute Gasteiger partial charge is 0.497 e. The van der Waals surface area contributed by atoms with Crippen molar-refractivity contribution >= 4 is 25.1 Å². The number of benzene rings is 2. The second-order valence-electron chi connectivity index (χ2n) is 7.35. The normalized spacial score (nSPS) is 19.0. The first-order chi connectivity index (χ1) is 12.5. The van der Waals surface area contributed by atoms with Gasteiger partial charge in [-0.15, -0.1) is 0 Å². The average Bonchev–Trinajstić information content (AvgIpc) is 3.03.